The van der Waals surface area contributed by atoms with E-state index < -0.39 is 12.7 Å². The van der Waals surface area contributed by atoms with Gasteiger partial charge in [0.15, 0.2) is 0 Å². The van der Waals surface area contributed by atoms with Gasteiger partial charge in [-0.1, -0.05) is 26.2 Å². The third-order valence-electron chi connectivity index (χ3n) is 2.53. The summed E-state index contributed by atoms with van der Waals surface area (Å²) in [5.41, 5.74) is 5.35. The monoisotopic (exact) mass is 240 g/mol. The Bertz CT molecular complexity index is 160. The van der Waals surface area contributed by atoms with Gasteiger partial charge in [0, 0.05) is 0 Å². The largest absolute Gasteiger partial charge is 0.401 e. The second-order valence-electron chi connectivity index (χ2n) is 4.04. The molecule has 0 aromatic carbocycles. The fraction of sp³-hybridized carbons (Fsp3) is 1.00. The molecule has 0 bridgehead atoms. The van der Waals surface area contributed by atoms with E-state index in [1.165, 1.54) is 4.90 Å². The van der Waals surface area contributed by atoms with Crippen LogP contribution in [0, 0.1) is 0 Å². The summed E-state index contributed by atoms with van der Waals surface area (Å²) in [4.78, 5) is 1.45. The number of nitrogens with zero attached hydrogens (tertiary/aromatic N) is 1. The standard InChI is InChI=1S/C11H23F3N2/c1-2-16(10-11(12,13)14)9-7-5-3-4-6-8-15/h2-10,15H2,1H3. The summed E-state index contributed by atoms with van der Waals surface area (Å²) in [7, 11) is 0. The topological polar surface area (TPSA) is 29.3 Å². The number of halogens is 3. The Morgan fingerprint density at radius 2 is 1.56 bits per heavy atom. The maximum Gasteiger partial charge on any atom is 0.401 e. The van der Waals surface area contributed by atoms with Crippen LogP contribution < -0.4 is 5.73 Å². The van der Waals surface area contributed by atoms with E-state index in [0.29, 0.717) is 19.6 Å². The molecule has 0 aromatic heterocycles. The van der Waals surface area contributed by atoms with Gasteiger partial charge in [-0.25, -0.2) is 0 Å². The molecule has 0 atom stereocenters. The molecule has 0 rings (SSSR count). The molecule has 5 heteroatoms. The van der Waals surface area contributed by atoms with Crippen LogP contribution in [0.25, 0.3) is 0 Å². The average molecular weight is 240 g/mol. The van der Waals surface area contributed by atoms with Crippen LogP contribution in [0.15, 0.2) is 0 Å². The Balaban J connectivity index is 3.48. The molecule has 0 unspecified atom stereocenters. The Kier molecular flexibility index (Phi) is 8.66. The minimum atomic E-state index is -4.07. The van der Waals surface area contributed by atoms with Gasteiger partial charge in [-0.05, 0) is 32.5 Å². The average Bonchev–Trinajstić information content (AvgIpc) is 2.19. The molecular weight excluding hydrogens is 217 g/mol. The number of nitrogens with two attached hydrogens (primary N) is 1. The zero-order valence-electron chi connectivity index (χ0n) is 10.0. The third-order valence-corrected chi connectivity index (χ3v) is 2.53. The maximum atomic E-state index is 12.1. The molecule has 0 aliphatic carbocycles. The Hall–Kier alpha value is -0.290. The first-order chi connectivity index (χ1) is 7.49. The minimum Gasteiger partial charge on any atom is -0.330 e. The van der Waals surface area contributed by atoms with E-state index in [2.05, 4.69) is 0 Å². The maximum absolute atomic E-state index is 12.1. The van der Waals surface area contributed by atoms with E-state index in [1.807, 2.05) is 0 Å². The number of unbranched alkanes of at least 4 members (excludes halogenated alkanes) is 4. The lowest BCUT2D eigenvalue weighted by Gasteiger charge is -2.21. The van der Waals surface area contributed by atoms with Crippen molar-refractivity contribution in [3.8, 4) is 0 Å². The molecule has 0 heterocycles. The van der Waals surface area contributed by atoms with E-state index in [1.54, 1.807) is 6.92 Å². The second kappa shape index (κ2) is 8.82. The quantitative estimate of drug-likeness (QED) is 0.628. The minimum absolute atomic E-state index is 0.461. The van der Waals surface area contributed by atoms with Crippen LogP contribution in [-0.2, 0) is 0 Å². The fourth-order valence-corrected chi connectivity index (χ4v) is 1.61. The summed E-state index contributed by atoms with van der Waals surface area (Å²) >= 11 is 0. The van der Waals surface area contributed by atoms with Crippen molar-refractivity contribution in [3.63, 3.8) is 0 Å². The molecule has 0 fully saturated rings. The van der Waals surface area contributed by atoms with E-state index in [0.717, 1.165) is 32.1 Å². The molecule has 0 spiro atoms. The summed E-state index contributed by atoms with van der Waals surface area (Å²) in [6.07, 6.45) is 0.932. The lowest BCUT2D eigenvalue weighted by Crippen LogP contribution is -2.34. The molecule has 0 radical (unpaired) electrons. The molecule has 2 nitrogen and oxygen atoms in total. The van der Waals surface area contributed by atoms with Crippen molar-refractivity contribution < 1.29 is 13.2 Å². The molecule has 0 aliphatic heterocycles. The SMILES string of the molecule is CCN(CCCCCCCN)CC(F)(F)F. The predicted molar refractivity (Wildman–Crippen MR) is 60.3 cm³/mol. The van der Waals surface area contributed by atoms with Gasteiger partial charge in [0.25, 0.3) is 0 Å². The number of alkyl halides is 3. The van der Waals surface area contributed by atoms with Gasteiger partial charge < -0.3 is 5.73 Å². The van der Waals surface area contributed by atoms with Crippen molar-refractivity contribution >= 4 is 0 Å². The molecule has 0 saturated heterocycles. The highest BCUT2D eigenvalue weighted by Gasteiger charge is 2.29. The van der Waals surface area contributed by atoms with Crippen LogP contribution >= 0.6 is 0 Å². The lowest BCUT2D eigenvalue weighted by molar-refractivity contribution is -0.145. The third kappa shape index (κ3) is 10.2. The van der Waals surface area contributed by atoms with Gasteiger partial charge in [0.1, 0.15) is 0 Å². The molecule has 2 N–H and O–H groups in total. The van der Waals surface area contributed by atoms with Gasteiger partial charge in [0.2, 0.25) is 0 Å². The summed E-state index contributed by atoms with van der Waals surface area (Å²) in [6.45, 7) is 2.68. The first-order valence-corrected chi connectivity index (χ1v) is 5.98. The molecule has 0 saturated carbocycles. The van der Waals surface area contributed by atoms with Gasteiger partial charge in [-0.2, -0.15) is 13.2 Å². The molecule has 0 aliphatic rings. The van der Waals surface area contributed by atoms with Gasteiger partial charge >= 0.3 is 6.18 Å². The molecular formula is C11H23F3N2. The highest BCUT2D eigenvalue weighted by Crippen LogP contribution is 2.16. The van der Waals surface area contributed by atoms with Crippen molar-refractivity contribution in [1.82, 2.24) is 4.90 Å². The highest BCUT2D eigenvalue weighted by molar-refractivity contribution is 4.61. The number of hydrogen-bond donors (Lipinski definition) is 1. The number of rotatable bonds is 9. The second-order valence-corrected chi connectivity index (χ2v) is 4.04. The zero-order valence-corrected chi connectivity index (χ0v) is 10.0. The van der Waals surface area contributed by atoms with Crippen LogP contribution in [0.4, 0.5) is 13.2 Å². The van der Waals surface area contributed by atoms with Crippen LogP contribution in [0.1, 0.15) is 39.0 Å². The van der Waals surface area contributed by atoms with E-state index in [4.69, 9.17) is 5.73 Å². The summed E-state index contributed by atoms with van der Waals surface area (Å²) in [5, 5.41) is 0. The van der Waals surface area contributed by atoms with Gasteiger partial charge in [0.05, 0.1) is 6.54 Å². The van der Waals surface area contributed by atoms with E-state index in [9.17, 15) is 13.2 Å². The van der Waals surface area contributed by atoms with Crippen LogP contribution in [0.5, 0.6) is 0 Å². The van der Waals surface area contributed by atoms with Gasteiger partial charge in [-0.15, -0.1) is 0 Å². The van der Waals surface area contributed by atoms with E-state index in [-0.39, 0.29) is 0 Å². The molecule has 0 aromatic rings. The van der Waals surface area contributed by atoms with Crippen molar-refractivity contribution in [1.29, 1.82) is 0 Å². The van der Waals surface area contributed by atoms with Crippen LogP contribution in [0.2, 0.25) is 0 Å². The first kappa shape index (κ1) is 15.7. The van der Waals surface area contributed by atoms with Crippen molar-refractivity contribution in [2.45, 2.75) is 45.2 Å². The normalized spacial score (nSPS) is 12.4. The molecule has 0 amide bonds. The molecule has 16 heavy (non-hydrogen) atoms. The first-order valence-electron chi connectivity index (χ1n) is 5.98. The zero-order chi connectivity index (χ0) is 12.4. The van der Waals surface area contributed by atoms with Crippen LogP contribution in [0.3, 0.4) is 0 Å². The summed E-state index contributed by atoms with van der Waals surface area (Å²) in [6, 6.07) is 0. The lowest BCUT2D eigenvalue weighted by atomic mass is 10.1. The summed E-state index contributed by atoms with van der Waals surface area (Å²) < 4.78 is 36.3. The molecule has 98 valence electrons. The Labute approximate surface area is 96.0 Å². The number of hydrogen-bond acceptors (Lipinski definition) is 2. The predicted octanol–water partition coefficient (Wildman–Crippen LogP) is 2.78. The Morgan fingerprint density at radius 3 is 2.06 bits per heavy atom. The fourth-order valence-electron chi connectivity index (χ4n) is 1.61. The van der Waals surface area contributed by atoms with Gasteiger partial charge in [-0.3, -0.25) is 4.90 Å². The smallest absolute Gasteiger partial charge is 0.330 e. The van der Waals surface area contributed by atoms with Crippen molar-refractivity contribution in [2.24, 2.45) is 5.73 Å². The van der Waals surface area contributed by atoms with Crippen molar-refractivity contribution in [3.05, 3.63) is 0 Å². The van der Waals surface area contributed by atoms with Crippen LogP contribution in [-0.4, -0.2) is 37.3 Å². The van der Waals surface area contributed by atoms with E-state index >= 15 is 0 Å². The summed E-state index contributed by atoms with van der Waals surface area (Å²) in [5.74, 6) is 0. The highest BCUT2D eigenvalue weighted by atomic mass is 19.4. The Morgan fingerprint density at radius 1 is 1.00 bits per heavy atom. The van der Waals surface area contributed by atoms with Crippen molar-refractivity contribution in [2.75, 3.05) is 26.2 Å².